The van der Waals surface area contributed by atoms with E-state index in [-0.39, 0.29) is 18.3 Å². The molecule has 3 aliphatic rings. The van der Waals surface area contributed by atoms with Crippen molar-refractivity contribution < 1.29 is 14.3 Å². The van der Waals surface area contributed by atoms with Crippen molar-refractivity contribution in [2.24, 2.45) is 0 Å². The van der Waals surface area contributed by atoms with Crippen LogP contribution in [0.2, 0.25) is 0 Å². The van der Waals surface area contributed by atoms with E-state index in [1.165, 1.54) is 16.2 Å². The molecule has 0 bridgehead atoms. The number of carbonyl (C=O) groups is 1. The number of thioether (sulfide) groups is 1. The summed E-state index contributed by atoms with van der Waals surface area (Å²) in [6.45, 7) is 3.72. The van der Waals surface area contributed by atoms with Crippen LogP contribution in [0.5, 0.6) is 11.5 Å². The summed E-state index contributed by atoms with van der Waals surface area (Å²) >= 11 is 6.75. The van der Waals surface area contributed by atoms with E-state index in [9.17, 15) is 9.59 Å². The maximum absolute atomic E-state index is 13.6. The zero-order chi connectivity index (χ0) is 24.8. The van der Waals surface area contributed by atoms with Gasteiger partial charge >= 0.3 is 0 Å². The lowest BCUT2D eigenvalue weighted by atomic mass is 10.2. The third-order valence-corrected chi connectivity index (χ3v) is 7.86. The van der Waals surface area contributed by atoms with Crippen molar-refractivity contribution in [1.29, 1.82) is 0 Å². The zero-order valence-electron chi connectivity index (χ0n) is 19.5. The Morgan fingerprint density at radius 1 is 1.08 bits per heavy atom. The second kappa shape index (κ2) is 9.23. The van der Waals surface area contributed by atoms with Crippen molar-refractivity contribution in [2.45, 2.75) is 6.54 Å². The molecule has 1 amide bonds. The summed E-state index contributed by atoms with van der Waals surface area (Å²) in [4.78, 5) is 38.1. The van der Waals surface area contributed by atoms with Crippen LogP contribution in [-0.4, -0.2) is 69.4 Å². The van der Waals surface area contributed by atoms with E-state index in [0.29, 0.717) is 44.3 Å². The second-order valence-electron chi connectivity index (χ2n) is 8.83. The van der Waals surface area contributed by atoms with Gasteiger partial charge in [0, 0.05) is 32.4 Å². The van der Waals surface area contributed by atoms with E-state index < -0.39 is 0 Å². The van der Waals surface area contributed by atoms with Crippen LogP contribution in [0.15, 0.2) is 52.3 Å². The first-order chi connectivity index (χ1) is 17.5. The van der Waals surface area contributed by atoms with Gasteiger partial charge in [-0.3, -0.25) is 18.9 Å². The van der Waals surface area contributed by atoms with Gasteiger partial charge in [-0.05, 0) is 43.0 Å². The fraction of sp³-hybridized carbons (Fsp3) is 0.280. The summed E-state index contributed by atoms with van der Waals surface area (Å²) in [5, 5.41) is 0. The lowest BCUT2D eigenvalue weighted by Crippen LogP contribution is -2.45. The molecule has 3 aromatic rings. The number of fused-ring (bicyclic) bond motifs is 2. The number of thiocarbonyl (C=S) groups is 1. The van der Waals surface area contributed by atoms with Crippen LogP contribution in [0, 0.1) is 0 Å². The van der Waals surface area contributed by atoms with Gasteiger partial charge in [0.15, 0.2) is 11.5 Å². The molecule has 5 heterocycles. The normalized spacial score (nSPS) is 19.2. The van der Waals surface area contributed by atoms with Crippen molar-refractivity contribution >= 4 is 51.7 Å². The molecule has 9 nitrogen and oxygen atoms in total. The van der Waals surface area contributed by atoms with E-state index in [1.54, 1.807) is 23.2 Å². The molecule has 11 heteroatoms. The molecule has 3 aliphatic heterocycles. The molecule has 1 aromatic carbocycles. The average molecular weight is 522 g/mol. The van der Waals surface area contributed by atoms with Crippen LogP contribution in [-0.2, 0) is 11.3 Å². The predicted octanol–water partition coefficient (Wildman–Crippen LogP) is 2.58. The fourth-order valence-electron chi connectivity index (χ4n) is 4.47. The number of carbonyl (C=O) groups excluding carboxylic acids is 1. The minimum atomic E-state index is -0.232. The van der Waals surface area contributed by atoms with Gasteiger partial charge in [0.2, 0.25) is 6.79 Å². The Morgan fingerprint density at radius 2 is 1.89 bits per heavy atom. The highest BCUT2D eigenvalue weighted by Crippen LogP contribution is 2.37. The first-order valence-corrected chi connectivity index (χ1v) is 12.8. The third kappa shape index (κ3) is 4.12. The van der Waals surface area contributed by atoms with Crippen molar-refractivity contribution in [3.05, 3.63) is 69.0 Å². The van der Waals surface area contributed by atoms with E-state index in [2.05, 4.69) is 16.8 Å². The molecule has 36 heavy (non-hydrogen) atoms. The lowest BCUT2D eigenvalue weighted by molar-refractivity contribution is -0.122. The first kappa shape index (κ1) is 23.0. The Hall–Kier alpha value is -3.41. The molecule has 0 spiro atoms. The number of aromatic nitrogens is 2. The summed E-state index contributed by atoms with van der Waals surface area (Å²) in [5.41, 5.74) is 1.63. The predicted molar refractivity (Wildman–Crippen MR) is 142 cm³/mol. The minimum Gasteiger partial charge on any atom is -0.454 e. The summed E-state index contributed by atoms with van der Waals surface area (Å²) < 4.78 is 12.8. The number of hydrogen-bond donors (Lipinski definition) is 0. The van der Waals surface area contributed by atoms with E-state index in [4.69, 9.17) is 26.7 Å². The molecule has 184 valence electrons. The molecule has 0 unspecified atom stereocenters. The van der Waals surface area contributed by atoms with Gasteiger partial charge in [0.1, 0.15) is 15.8 Å². The lowest BCUT2D eigenvalue weighted by Gasteiger charge is -2.34. The number of ether oxygens (including phenoxy) is 2. The standard InChI is InChI=1S/C25H23N5O4S2/c1-27-8-10-28(11-9-27)22-17(23(31)29-7-3-2-4-21(29)26-22)13-20-24(32)30(25(35)36-20)14-16-5-6-18-19(12-16)34-15-33-18/h2-7,12-13H,8-11,14-15H2,1H3/b20-13-. The molecule has 0 saturated carbocycles. The van der Waals surface area contributed by atoms with Gasteiger partial charge in [-0.2, -0.15) is 0 Å². The van der Waals surface area contributed by atoms with Gasteiger partial charge in [0.25, 0.3) is 11.5 Å². The van der Waals surface area contributed by atoms with Gasteiger partial charge < -0.3 is 19.3 Å². The van der Waals surface area contributed by atoms with Gasteiger partial charge in [-0.25, -0.2) is 4.98 Å². The number of piperazine rings is 1. The summed E-state index contributed by atoms with van der Waals surface area (Å²) in [6, 6.07) is 11.0. The first-order valence-electron chi connectivity index (χ1n) is 11.6. The molecular formula is C25H23N5O4S2. The van der Waals surface area contributed by atoms with Crippen LogP contribution in [0.4, 0.5) is 5.82 Å². The number of pyridine rings is 1. The number of anilines is 1. The topological polar surface area (TPSA) is 79.6 Å². The Morgan fingerprint density at radius 3 is 2.72 bits per heavy atom. The van der Waals surface area contributed by atoms with Crippen LogP contribution < -0.4 is 19.9 Å². The van der Waals surface area contributed by atoms with Crippen LogP contribution in [0.3, 0.4) is 0 Å². The van der Waals surface area contributed by atoms with Crippen LogP contribution >= 0.6 is 24.0 Å². The average Bonchev–Trinajstić information content (AvgIpc) is 3.46. The smallest absolute Gasteiger partial charge is 0.267 e. The molecule has 6 rings (SSSR count). The molecule has 2 saturated heterocycles. The monoisotopic (exact) mass is 521 g/mol. The van der Waals surface area contributed by atoms with Crippen molar-refractivity contribution in [3.8, 4) is 11.5 Å². The summed E-state index contributed by atoms with van der Waals surface area (Å²) in [7, 11) is 2.08. The number of nitrogens with zero attached hydrogens (tertiary/aromatic N) is 5. The molecule has 2 fully saturated rings. The highest BCUT2D eigenvalue weighted by molar-refractivity contribution is 8.26. The fourth-order valence-corrected chi connectivity index (χ4v) is 5.70. The van der Waals surface area contributed by atoms with E-state index >= 15 is 0 Å². The van der Waals surface area contributed by atoms with Crippen LogP contribution in [0.1, 0.15) is 11.1 Å². The third-order valence-electron chi connectivity index (χ3n) is 6.48. The largest absolute Gasteiger partial charge is 0.454 e. The number of hydrogen-bond acceptors (Lipinski definition) is 9. The van der Waals surface area contributed by atoms with Crippen molar-refractivity contribution in [1.82, 2.24) is 19.2 Å². The summed E-state index contributed by atoms with van der Waals surface area (Å²) in [5.74, 6) is 1.70. The van der Waals surface area contributed by atoms with Gasteiger partial charge in [0.05, 0.1) is 17.0 Å². The Bertz CT molecular complexity index is 1480. The molecule has 0 aliphatic carbocycles. The number of rotatable bonds is 4. The maximum Gasteiger partial charge on any atom is 0.267 e. The molecule has 0 radical (unpaired) electrons. The van der Waals surface area contributed by atoms with Gasteiger partial charge in [-0.15, -0.1) is 0 Å². The van der Waals surface area contributed by atoms with Crippen LogP contribution in [0.25, 0.3) is 11.7 Å². The van der Waals surface area contributed by atoms with Crippen molar-refractivity contribution in [2.75, 3.05) is 44.9 Å². The molecule has 2 aromatic heterocycles. The maximum atomic E-state index is 13.6. The molecule has 0 atom stereocenters. The highest BCUT2D eigenvalue weighted by Gasteiger charge is 2.33. The SMILES string of the molecule is CN1CCN(c2nc3ccccn3c(=O)c2/C=C2\SC(=S)N(Cc3ccc4c(c3)OCO4)C2=O)CC1. The highest BCUT2D eigenvalue weighted by atomic mass is 32.2. The van der Waals surface area contributed by atoms with Gasteiger partial charge in [-0.1, -0.05) is 36.1 Å². The van der Waals surface area contributed by atoms with Crippen molar-refractivity contribution in [3.63, 3.8) is 0 Å². The Labute approximate surface area is 216 Å². The summed E-state index contributed by atoms with van der Waals surface area (Å²) in [6.07, 6.45) is 3.35. The number of benzene rings is 1. The zero-order valence-corrected chi connectivity index (χ0v) is 21.2. The van der Waals surface area contributed by atoms with E-state index in [0.717, 1.165) is 31.7 Å². The second-order valence-corrected chi connectivity index (χ2v) is 10.5. The Balaban J connectivity index is 1.36. The molecular weight excluding hydrogens is 498 g/mol. The Kier molecular flexibility index (Phi) is 5.90. The minimum absolute atomic E-state index is 0.188. The number of likely N-dealkylation sites (N-methyl/N-ethyl adjacent to an activating group) is 1. The number of amides is 1. The quantitative estimate of drug-likeness (QED) is 0.380. The van der Waals surface area contributed by atoms with E-state index in [1.807, 2.05) is 30.3 Å². The molecule has 0 N–H and O–H groups in total.